The van der Waals surface area contributed by atoms with E-state index >= 15 is 0 Å². The highest BCUT2D eigenvalue weighted by atomic mass is 16.5. The minimum Gasteiger partial charge on any atom is -0.375 e. The number of hydrazine groups is 1. The second kappa shape index (κ2) is 6.89. The van der Waals surface area contributed by atoms with Gasteiger partial charge in [-0.2, -0.15) is 0 Å². The van der Waals surface area contributed by atoms with Gasteiger partial charge in [0.05, 0.1) is 12.1 Å². The van der Waals surface area contributed by atoms with Crippen LogP contribution in [0.2, 0.25) is 0 Å². The van der Waals surface area contributed by atoms with Gasteiger partial charge in [-0.05, 0) is 21.8 Å². The first kappa shape index (κ1) is 17.5. The molecule has 4 heteroatoms. The standard InChI is InChI=1S/C21H27N3O/c1-20(2,3)21(25-4,15-24-12-11-22-16-23-24)14-17-9-10-18-7-5-6-8-19(18)13-17/h5-13,16H,14-15H2,1-4H3,(H,22,23). The van der Waals surface area contributed by atoms with E-state index < -0.39 is 0 Å². The number of nitrogens with one attached hydrogen (secondary N) is 1. The molecule has 1 aliphatic rings. The zero-order valence-electron chi connectivity index (χ0n) is 15.5. The van der Waals surface area contributed by atoms with Crippen molar-refractivity contribution in [3.8, 4) is 0 Å². The van der Waals surface area contributed by atoms with Gasteiger partial charge in [-0.25, -0.2) is 4.99 Å². The van der Waals surface area contributed by atoms with Crippen LogP contribution in [0.1, 0.15) is 26.3 Å². The van der Waals surface area contributed by atoms with Crippen LogP contribution in [0.3, 0.4) is 0 Å². The van der Waals surface area contributed by atoms with Crippen molar-refractivity contribution in [2.45, 2.75) is 32.8 Å². The zero-order chi connectivity index (χ0) is 17.9. The van der Waals surface area contributed by atoms with Crippen LogP contribution in [0.25, 0.3) is 10.8 Å². The van der Waals surface area contributed by atoms with E-state index in [2.05, 4.69) is 73.7 Å². The van der Waals surface area contributed by atoms with E-state index in [4.69, 9.17) is 4.74 Å². The van der Waals surface area contributed by atoms with E-state index in [1.54, 1.807) is 12.5 Å². The second-order valence-corrected chi connectivity index (χ2v) is 7.64. The Hall–Kier alpha value is -2.33. The minimum atomic E-state index is -0.349. The molecule has 1 unspecified atom stereocenters. The molecule has 0 aromatic heterocycles. The Labute approximate surface area is 150 Å². The largest absolute Gasteiger partial charge is 0.375 e. The van der Waals surface area contributed by atoms with E-state index in [0.29, 0.717) is 0 Å². The molecule has 0 aliphatic carbocycles. The molecular weight excluding hydrogens is 310 g/mol. The number of hydrogen-bond acceptors (Lipinski definition) is 4. The number of rotatable bonds is 5. The molecule has 0 radical (unpaired) electrons. The van der Waals surface area contributed by atoms with Gasteiger partial charge in [-0.1, -0.05) is 63.2 Å². The first-order valence-electron chi connectivity index (χ1n) is 8.67. The lowest BCUT2D eigenvalue weighted by molar-refractivity contribution is -0.107. The van der Waals surface area contributed by atoms with Gasteiger partial charge < -0.3 is 4.74 Å². The maximum Gasteiger partial charge on any atom is 0.107 e. The topological polar surface area (TPSA) is 36.9 Å². The maximum atomic E-state index is 6.16. The van der Waals surface area contributed by atoms with Crippen molar-refractivity contribution >= 4 is 17.1 Å². The number of nitrogens with zero attached hydrogens (tertiary/aromatic N) is 2. The number of aliphatic imine (C=N–C) groups is 1. The van der Waals surface area contributed by atoms with Crippen LogP contribution in [-0.4, -0.2) is 30.6 Å². The predicted molar refractivity (Wildman–Crippen MR) is 104 cm³/mol. The highest BCUT2D eigenvalue weighted by molar-refractivity contribution is 5.83. The summed E-state index contributed by atoms with van der Waals surface area (Å²) < 4.78 is 6.16. The van der Waals surface area contributed by atoms with E-state index in [9.17, 15) is 0 Å². The zero-order valence-corrected chi connectivity index (χ0v) is 15.5. The Kier molecular flexibility index (Phi) is 4.82. The number of methoxy groups -OCH3 is 1. The van der Waals surface area contributed by atoms with Crippen molar-refractivity contribution in [3.63, 3.8) is 0 Å². The summed E-state index contributed by atoms with van der Waals surface area (Å²) in [6, 6.07) is 15.1. The van der Waals surface area contributed by atoms with Gasteiger partial charge in [0, 0.05) is 25.9 Å². The highest BCUT2D eigenvalue weighted by Gasteiger charge is 2.43. The number of ether oxygens (including phenoxy) is 1. The van der Waals surface area contributed by atoms with Crippen molar-refractivity contribution in [3.05, 3.63) is 60.4 Å². The Morgan fingerprint density at radius 1 is 1.08 bits per heavy atom. The van der Waals surface area contributed by atoms with Gasteiger partial charge in [-0.3, -0.25) is 10.4 Å². The van der Waals surface area contributed by atoms with Crippen molar-refractivity contribution in [2.75, 3.05) is 13.7 Å². The van der Waals surface area contributed by atoms with Gasteiger partial charge in [0.25, 0.3) is 0 Å². The minimum absolute atomic E-state index is 0.0441. The van der Waals surface area contributed by atoms with E-state index in [1.165, 1.54) is 16.3 Å². The van der Waals surface area contributed by atoms with Gasteiger partial charge >= 0.3 is 0 Å². The molecule has 0 amide bonds. The molecule has 4 nitrogen and oxygen atoms in total. The molecule has 0 saturated carbocycles. The third-order valence-electron chi connectivity index (χ3n) is 5.12. The molecule has 1 heterocycles. The Bertz CT molecular complexity index is 791. The van der Waals surface area contributed by atoms with Crippen LogP contribution in [0, 0.1) is 5.41 Å². The summed E-state index contributed by atoms with van der Waals surface area (Å²) >= 11 is 0. The average molecular weight is 337 g/mol. The molecule has 1 atom stereocenters. The van der Waals surface area contributed by atoms with Crippen molar-refractivity contribution in [1.82, 2.24) is 10.4 Å². The van der Waals surface area contributed by atoms with Gasteiger partial charge in [0.15, 0.2) is 0 Å². The fourth-order valence-corrected chi connectivity index (χ4v) is 3.37. The molecule has 0 fully saturated rings. The first-order valence-corrected chi connectivity index (χ1v) is 8.67. The van der Waals surface area contributed by atoms with Gasteiger partial charge in [0.2, 0.25) is 0 Å². The molecule has 132 valence electrons. The monoisotopic (exact) mass is 337 g/mol. The lowest BCUT2D eigenvalue weighted by Gasteiger charge is -2.46. The van der Waals surface area contributed by atoms with Crippen molar-refractivity contribution in [2.24, 2.45) is 10.4 Å². The van der Waals surface area contributed by atoms with Gasteiger partial charge in [0.1, 0.15) is 6.34 Å². The fourth-order valence-electron chi connectivity index (χ4n) is 3.37. The second-order valence-electron chi connectivity index (χ2n) is 7.64. The molecule has 0 spiro atoms. The third kappa shape index (κ3) is 3.69. The summed E-state index contributed by atoms with van der Waals surface area (Å²) in [6.45, 7) is 7.43. The molecule has 1 aliphatic heterocycles. The Balaban J connectivity index is 1.92. The fraction of sp³-hybridized carbons (Fsp3) is 0.381. The normalized spacial score (nSPS) is 16.7. The van der Waals surface area contributed by atoms with Crippen LogP contribution in [0.5, 0.6) is 0 Å². The summed E-state index contributed by atoms with van der Waals surface area (Å²) in [7, 11) is 1.81. The molecule has 1 N–H and O–H groups in total. The summed E-state index contributed by atoms with van der Waals surface area (Å²) in [5, 5.41) is 4.56. The van der Waals surface area contributed by atoms with Crippen LogP contribution in [-0.2, 0) is 11.2 Å². The summed E-state index contributed by atoms with van der Waals surface area (Å²) in [6.07, 6.45) is 6.26. The SMILES string of the molecule is COC(Cc1ccc2ccccc2c1)(CN1C=CN=CN1)C(C)(C)C. The van der Waals surface area contributed by atoms with E-state index in [1.807, 2.05) is 18.3 Å². The third-order valence-corrected chi connectivity index (χ3v) is 5.12. The van der Waals surface area contributed by atoms with Crippen LogP contribution in [0.15, 0.2) is 59.9 Å². The van der Waals surface area contributed by atoms with Crippen molar-refractivity contribution < 1.29 is 4.74 Å². The van der Waals surface area contributed by atoms with E-state index in [-0.39, 0.29) is 11.0 Å². The van der Waals surface area contributed by atoms with Crippen LogP contribution >= 0.6 is 0 Å². The quantitative estimate of drug-likeness (QED) is 0.891. The molecule has 25 heavy (non-hydrogen) atoms. The first-order chi connectivity index (χ1) is 11.9. The lowest BCUT2D eigenvalue weighted by atomic mass is 9.72. The van der Waals surface area contributed by atoms with Crippen molar-refractivity contribution in [1.29, 1.82) is 0 Å². The smallest absolute Gasteiger partial charge is 0.107 e. The number of benzene rings is 2. The molecule has 0 saturated heterocycles. The van der Waals surface area contributed by atoms with E-state index in [0.717, 1.165) is 13.0 Å². The molecular formula is C21H27N3O. The number of fused-ring (bicyclic) bond motifs is 1. The summed E-state index contributed by atoms with van der Waals surface area (Å²) in [5.74, 6) is 0. The molecule has 2 aromatic carbocycles. The lowest BCUT2D eigenvalue weighted by Crippen LogP contribution is -2.56. The summed E-state index contributed by atoms with van der Waals surface area (Å²) in [4.78, 5) is 4.06. The predicted octanol–water partition coefficient (Wildman–Crippen LogP) is 4.13. The summed E-state index contributed by atoms with van der Waals surface area (Å²) in [5.41, 5.74) is 4.06. The Morgan fingerprint density at radius 2 is 1.84 bits per heavy atom. The molecule has 3 rings (SSSR count). The Morgan fingerprint density at radius 3 is 2.48 bits per heavy atom. The van der Waals surface area contributed by atoms with Crippen LogP contribution < -0.4 is 5.43 Å². The van der Waals surface area contributed by atoms with Crippen LogP contribution in [0.4, 0.5) is 0 Å². The molecule has 0 bridgehead atoms. The number of hydrogen-bond donors (Lipinski definition) is 1. The van der Waals surface area contributed by atoms with Gasteiger partial charge in [-0.15, -0.1) is 0 Å². The highest BCUT2D eigenvalue weighted by Crippen LogP contribution is 2.37. The molecule has 2 aromatic rings. The maximum absolute atomic E-state index is 6.16. The average Bonchev–Trinajstić information content (AvgIpc) is 2.61.